The first-order valence-electron chi connectivity index (χ1n) is 7.10. The average Bonchev–Trinajstić information content (AvgIpc) is 3.16. The number of hydrogen-bond acceptors (Lipinski definition) is 4. The summed E-state index contributed by atoms with van der Waals surface area (Å²) in [6.45, 7) is 0.852. The molecular formula is C14H21N3OS. The highest BCUT2D eigenvalue weighted by molar-refractivity contribution is 8.00. The predicted molar refractivity (Wildman–Crippen MR) is 80.0 cm³/mol. The molecule has 1 aromatic heterocycles. The van der Waals surface area contributed by atoms with Gasteiger partial charge in [0.25, 0.3) is 5.56 Å². The van der Waals surface area contributed by atoms with Gasteiger partial charge in [0.05, 0.1) is 0 Å². The molecule has 0 amide bonds. The fourth-order valence-electron chi connectivity index (χ4n) is 2.90. The number of anilines is 1. The van der Waals surface area contributed by atoms with Crippen molar-refractivity contribution in [3.05, 3.63) is 22.7 Å². The van der Waals surface area contributed by atoms with Gasteiger partial charge in [0.2, 0.25) is 0 Å². The molecule has 0 aromatic carbocycles. The van der Waals surface area contributed by atoms with Crippen molar-refractivity contribution in [2.24, 2.45) is 0 Å². The molecule has 5 heteroatoms. The van der Waals surface area contributed by atoms with E-state index in [1.807, 2.05) is 22.5 Å². The van der Waals surface area contributed by atoms with E-state index in [0.29, 0.717) is 16.6 Å². The van der Waals surface area contributed by atoms with E-state index in [9.17, 15) is 4.79 Å². The zero-order chi connectivity index (χ0) is 13.3. The van der Waals surface area contributed by atoms with Crippen molar-refractivity contribution in [1.29, 1.82) is 0 Å². The summed E-state index contributed by atoms with van der Waals surface area (Å²) in [5.74, 6) is 0.523. The first kappa shape index (κ1) is 13.0. The second-order valence-electron chi connectivity index (χ2n) is 5.67. The highest BCUT2D eigenvalue weighted by Gasteiger charge is 2.33. The van der Waals surface area contributed by atoms with E-state index in [1.165, 1.54) is 25.7 Å². The normalized spacial score (nSPS) is 21.5. The molecule has 0 saturated heterocycles. The molecule has 2 aliphatic rings. The summed E-state index contributed by atoms with van der Waals surface area (Å²) in [4.78, 5) is 16.5. The van der Waals surface area contributed by atoms with Gasteiger partial charge < -0.3 is 9.88 Å². The van der Waals surface area contributed by atoms with Gasteiger partial charge in [-0.05, 0) is 31.9 Å². The van der Waals surface area contributed by atoms with Gasteiger partial charge in [0.15, 0.2) is 5.82 Å². The van der Waals surface area contributed by atoms with Crippen LogP contribution in [-0.2, 0) is 0 Å². The Morgan fingerprint density at radius 3 is 2.84 bits per heavy atom. The molecule has 0 unspecified atom stereocenters. The lowest BCUT2D eigenvalue weighted by Crippen LogP contribution is -2.33. The molecule has 1 aromatic rings. The summed E-state index contributed by atoms with van der Waals surface area (Å²) in [5, 5.41) is 3.30. The monoisotopic (exact) mass is 279 g/mol. The third-order valence-electron chi connectivity index (χ3n) is 4.33. The van der Waals surface area contributed by atoms with Crippen molar-refractivity contribution in [3.8, 4) is 0 Å². The molecule has 2 aliphatic carbocycles. The maximum atomic E-state index is 12.3. The standard InChI is InChI=1S/C14H21N3OS/c1-19-14(6-2-3-7-14)10-16-12-13(18)17(9-8-15-12)11-4-5-11/h8-9,11H,2-7,10H2,1H3,(H,15,16). The second kappa shape index (κ2) is 5.19. The van der Waals surface area contributed by atoms with E-state index in [1.54, 1.807) is 6.20 Å². The van der Waals surface area contributed by atoms with Crippen LogP contribution in [0.25, 0.3) is 0 Å². The van der Waals surface area contributed by atoms with Gasteiger partial charge in [-0.3, -0.25) is 4.79 Å². The van der Waals surface area contributed by atoms with Crippen LogP contribution in [0.1, 0.15) is 44.6 Å². The van der Waals surface area contributed by atoms with Crippen LogP contribution >= 0.6 is 11.8 Å². The Bertz CT molecular complexity index is 504. The van der Waals surface area contributed by atoms with Crippen LogP contribution in [-0.4, -0.2) is 27.1 Å². The number of nitrogens with zero attached hydrogens (tertiary/aromatic N) is 2. The summed E-state index contributed by atoms with van der Waals surface area (Å²) < 4.78 is 2.13. The van der Waals surface area contributed by atoms with Crippen LogP contribution in [0.5, 0.6) is 0 Å². The zero-order valence-electron chi connectivity index (χ0n) is 11.4. The molecule has 0 bridgehead atoms. The maximum absolute atomic E-state index is 12.3. The Morgan fingerprint density at radius 1 is 1.47 bits per heavy atom. The van der Waals surface area contributed by atoms with Crippen molar-refractivity contribution in [2.75, 3.05) is 18.1 Å². The minimum absolute atomic E-state index is 0.0410. The fourth-order valence-corrected chi connectivity index (χ4v) is 3.82. The van der Waals surface area contributed by atoms with Crippen molar-refractivity contribution < 1.29 is 0 Å². The number of thioether (sulfide) groups is 1. The van der Waals surface area contributed by atoms with Crippen molar-refractivity contribution in [3.63, 3.8) is 0 Å². The van der Waals surface area contributed by atoms with Crippen molar-refractivity contribution in [1.82, 2.24) is 9.55 Å². The molecule has 104 valence electrons. The number of aromatic nitrogens is 2. The van der Waals surface area contributed by atoms with E-state index in [0.717, 1.165) is 19.4 Å². The predicted octanol–water partition coefficient (Wildman–Crippen LogP) is 2.67. The molecular weight excluding hydrogens is 258 g/mol. The minimum atomic E-state index is 0.0410. The molecule has 1 heterocycles. The molecule has 2 saturated carbocycles. The number of hydrogen-bond donors (Lipinski definition) is 1. The molecule has 0 radical (unpaired) electrons. The Kier molecular flexibility index (Phi) is 3.56. The Balaban J connectivity index is 1.73. The average molecular weight is 279 g/mol. The van der Waals surface area contributed by atoms with Gasteiger partial charge in [0, 0.05) is 29.7 Å². The maximum Gasteiger partial charge on any atom is 0.293 e. The first-order valence-corrected chi connectivity index (χ1v) is 8.33. The molecule has 2 fully saturated rings. The molecule has 0 aliphatic heterocycles. The quantitative estimate of drug-likeness (QED) is 0.900. The molecule has 19 heavy (non-hydrogen) atoms. The minimum Gasteiger partial charge on any atom is -0.364 e. The number of nitrogens with one attached hydrogen (secondary N) is 1. The van der Waals surface area contributed by atoms with Crippen LogP contribution in [0.2, 0.25) is 0 Å². The summed E-state index contributed by atoms with van der Waals surface area (Å²) in [6, 6.07) is 0.414. The summed E-state index contributed by atoms with van der Waals surface area (Å²) in [6.07, 6.45) is 13.1. The van der Waals surface area contributed by atoms with E-state index >= 15 is 0 Å². The van der Waals surface area contributed by atoms with Crippen molar-refractivity contribution in [2.45, 2.75) is 49.3 Å². The topological polar surface area (TPSA) is 46.9 Å². The molecule has 1 N–H and O–H groups in total. The van der Waals surface area contributed by atoms with Crippen molar-refractivity contribution >= 4 is 17.6 Å². The van der Waals surface area contributed by atoms with Gasteiger partial charge in [-0.15, -0.1) is 0 Å². The zero-order valence-corrected chi connectivity index (χ0v) is 12.2. The lowest BCUT2D eigenvalue weighted by Gasteiger charge is -2.27. The SMILES string of the molecule is CSC1(CNc2nccn(C3CC3)c2=O)CCCC1. The fraction of sp³-hybridized carbons (Fsp3) is 0.714. The Morgan fingerprint density at radius 2 is 2.21 bits per heavy atom. The van der Waals surface area contributed by atoms with Gasteiger partial charge in [-0.1, -0.05) is 12.8 Å². The van der Waals surface area contributed by atoms with E-state index in [2.05, 4.69) is 16.6 Å². The van der Waals surface area contributed by atoms with Gasteiger partial charge >= 0.3 is 0 Å². The molecule has 0 atom stereocenters. The van der Waals surface area contributed by atoms with Gasteiger partial charge in [-0.25, -0.2) is 4.98 Å². The van der Waals surface area contributed by atoms with Gasteiger partial charge in [0.1, 0.15) is 0 Å². The lowest BCUT2D eigenvalue weighted by atomic mass is 10.1. The van der Waals surface area contributed by atoms with Crippen LogP contribution in [0.15, 0.2) is 17.2 Å². The summed E-state index contributed by atoms with van der Waals surface area (Å²) in [5.41, 5.74) is 0.0410. The third-order valence-corrected chi connectivity index (χ3v) is 5.75. The smallest absolute Gasteiger partial charge is 0.293 e. The van der Waals surface area contributed by atoms with Crippen LogP contribution in [0, 0.1) is 0 Å². The Labute approximate surface area is 118 Å². The Hall–Kier alpha value is -0.970. The van der Waals surface area contributed by atoms with Crippen LogP contribution < -0.4 is 10.9 Å². The highest BCUT2D eigenvalue weighted by atomic mass is 32.2. The largest absolute Gasteiger partial charge is 0.364 e. The highest BCUT2D eigenvalue weighted by Crippen LogP contribution is 2.40. The van der Waals surface area contributed by atoms with E-state index < -0.39 is 0 Å². The third kappa shape index (κ3) is 2.66. The summed E-state index contributed by atoms with van der Waals surface area (Å²) in [7, 11) is 0. The first-order chi connectivity index (χ1) is 9.24. The van der Waals surface area contributed by atoms with Crippen LogP contribution in [0.4, 0.5) is 5.82 Å². The van der Waals surface area contributed by atoms with E-state index in [-0.39, 0.29) is 5.56 Å². The summed E-state index contributed by atoms with van der Waals surface area (Å²) >= 11 is 1.93. The number of rotatable bonds is 5. The van der Waals surface area contributed by atoms with E-state index in [4.69, 9.17) is 0 Å². The van der Waals surface area contributed by atoms with Gasteiger partial charge in [-0.2, -0.15) is 11.8 Å². The second-order valence-corrected chi connectivity index (χ2v) is 6.94. The van der Waals surface area contributed by atoms with Crippen LogP contribution in [0.3, 0.4) is 0 Å². The molecule has 3 rings (SSSR count). The molecule has 0 spiro atoms. The lowest BCUT2D eigenvalue weighted by molar-refractivity contribution is 0.634. The molecule has 4 nitrogen and oxygen atoms in total.